The molecule has 0 atom stereocenters. The number of nitrogens with zero attached hydrogens (tertiary/aromatic N) is 4. The summed E-state index contributed by atoms with van der Waals surface area (Å²) in [5.74, 6) is 0. The maximum atomic E-state index is 8.17. The zero-order chi connectivity index (χ0) is 77.2. The van der Waals surface area contributed by atoms with Gasteiger partial charge in [0, 0.05) is 93.4 Å². The van der Waals surface area contributed by atoms with Crippen LogP contribution in [0.25, 0.3) is 169 Å². The molecule has 20 rings (SSSR count). The van der Waals surface area contributed by atoms with Crippen molar-refractivity contribution in [2.24, 2.45) is 28.2 Å². The van der Waals surface area contributed by atoms with Crippen molar-refractivity contribution in [2.75, 3.05) is 0 Å². The lowest BCUT2D eigenvalue weighted by molar-refractivity contribution is -0.659. The van der Waals surface area contributed by atoms with Gasteiger partial charge < -0.3 is 0 Å². The second kappa shape index (κ2) is 30.7. The average Bonchev–Trinajstić information content (AvgIpc) is 1.59. The van der Waals surface area contributed by atoms with Crippen LogP contribution in [-0.4, -0.2) is 0 Å². The Bertz CT molecular complexity index is 7220. The second-order valence-electron chi connectivity index (χ2n) is 28.3. The summed E-state index contributed by atoms with van der Waals surface area (Å²) in [6.07, 6.45) is 8.35. The van der Waals surface area contributed by atoms with Crippen LogP contribution < -0.4 is 18.3 Å². The highest BCUT2D eigenvalue weighted by atomic mass is 32.1. The minimum atomic E-state index is -2.18. The molecular weight excluding hydrogens is 1400 g/mol. The molecule has 0 amide bonds. The Morgan fingerprint density at radius 2 is 0.569 bits per heavy atom. The first-order valence-electron chi connectivity index (χ1n) is 38.7. The minimum absolute atomic E-state index is 0. The number of fused-ring (bicyclic) bond motifs is 20. The number of hydrogen-bond donors (Lipinski definition) is 0. The molecule has 8 aromatic heterocycles. The lowest BCUT2D eigenvalue weighted by atomic mass is 9.99. The Labute approximate surface area is 667 Å². The van der Waals surface area contributed by atoms with Crippen molar-refractivity contribution in [3.8, 4) is 45.0 Å². The summed E-state index contributed by atoms with van der Waals surface area (Å²) in [4.78, 5) is 0. The van der Waals surface area contributed by atoms with Crippen LogP contribution in [0.3, 0.4) is 0 Å². The van der Waals surface area contributed by atoms with Gasteiger partial charge in [0.1, 0.15) is 47.0 Å². The summed E-state index contributed by atoms with van der Waals surface area (Å²) >= 11 is 7.36. The first kappa shape index (κ1) is 68.7. The average molecular weight is 1500 g/mol. The maximum Gasteiger partial charge on any atom is 0.230 e. The molecule has 8 heterocycles. The first-order valence-corrected chi connectivity index (χ1v) is 38.9. The van der Waals surface area contributed by atoms with E-state index < -0.39 is 13.7 Å². The number of thiophene rings is 4. The van der Waals surface area contributed by atoms with Gasteiger partial charge in [0.05, 0.1) is 22.3 Å². The molecule has 542 valence electrons. The van der Waals surface area contributed by atoms with Crippen molar-refractivity contribution in [1.82, 2.24) is 0 Å². The number of aromatic nitrogens is 4. The molecule has 0 radical (unpaired) electrons. The molecule has 0 N–H and O–H groups in total. The molecule has 0 spiro atoms. The van der Waals surface area contributed by atoms with E-state index >= 15 is 0 Å². The van der Waals surface area contributed by atoms with Crippen molar-refractivity contribution in [3.63, 3.8) is 0 Å². The Morgan fingerprint density at radius 1 is 0.239 bits per heavy atom. The maximum absolute atomic E-state index is 8.17. The van der Waals surface area contributed by atoms with Crippen LogP contribution in [0.5, 0.6) is 0 Å². The Kier molecular flexibility index (Phi) is 19.3. The van der Waals surface area contributed by atoms with Gasteiger partial charge in [-0.1, -0.05) is 247 Å². The quantitative estimate of drug-likeness (QED) is 0.156. The monoisotopic (exact) mass is 1500 g/mol. The van der Waals surface area contributed by atoms with Gasteiger partial charge in [0.15, 0.2) is 24.8 Å². The fourth-order valence-electron chi connectivity index (χ4n) is 16.0. The normalized spacial score (nSPS) is 12.3. The van der Waals surface area contributed by atoms with E-state index in [1.165, 1.54) is 160 Å². The van der Waals surface area contributed by atoms with Crippen LogP contribution >= 0.6 is 45.3 Å². The zero-order valence-electron chi connectivity index (χ0n) is 66.7. The third-order valence-electron chi connectivity index (χ3n) is 21.1. The summed E-state index contributed by atoms with van der Waals surface area (Å²) in [6, 6.07) is 83.6. The third kappa shape index (κ3) is 13.3. The molecule has 0 aliphatic heterocycles. The van der Waals surface area contributed by atoms with Crippen LogP contribution in [0.1, 0.15) is 88.0 Å². The molecule has 4 nitrogen and oxygen atoms in total. The van der Waals surface area contributed by atoms with E-state index in [2.05, 4.69) is 282 Å². The number of rotatable bonds is 4. The summed E-state index contributed by atoms with van der Waals surface area (Å²) < 4.78 is 66.5. The highest BCUT2D eigenvalue weighted by molar-refractivity contribution is 7.28. The van der Waals surface area contributed by atoms with Crippen molar-refractivity contribution in [2.45, 2.75) is 91.9 Å². The number of benzene rings is 12. The van der Waals surface area contributed by atoms with E-state index in [-0.39, 0.29) is 29.7 Å². The predicted octanol–water partition coefficient (Wildman–Crippen LogP) is 28.1. The van der Waals surface area contributed by atoms with Gasteiger partial charge in [-0.3, -0.25) is 0 Å². The van der Waals surface area contributed by atoms with Crippen molar-refractivity contribution in [1.29, 1.82) is 0 Å². The molecule has 20 aromatic rings. The van der Waals surface area contributed by atoms with E-state index in [4.69, 9.17) is 8.22 Å². The molecule has 0 aliphatic rings. The van der Waals surface area contributed by atoms with Crippen LogP contribution in [0.2, 0.25) is 0 Å². The summed E-state index contributed by atoms with van der Waals surface area (Å²) in [5.41, 5.74) is 19.2. The van der Waals surface area contributed by atoms with Gasteiger partial charge in [0.2, 0.25) is 22.8 Å². The summed E-state index contributed by atoms with van der Waals surface area (Å²) in [7, 11) is 8.31. The molecule has 12 aromatic carbocycles. The van der Waals surface area contributed by atoms with Gasteiger partial charge in [0.25, 0.3) is 0 Å². The van der Waals surface area contributed by atoms with Crippen LogP contribution in [0.4, 0.5) is 0 Å². The van der Waals surface area contributed by atoms with Crippen LogP contribution in [-0.2, 0) is 28.2 Å². The highest BCUT2D eigenvalue weighted by Crippen LogP contribution is 2.48. The highest BCUT2D eigenvalue weighted by Gasteiger charge is 2.28. The molecular formula is C101H98N4S4+4. The first-order chi connectivity index (χ1) is 53.4. The van der Waals surface area contributed by atoms with E-state index in [0.717, 1.165) is 48.3 Å². The molecule has 8 heteroatoms. The lowest BCUT2D eigenvalue weighted by Gasteiger charge is -2.08. The number of pyridine rings is 4. The minimum Gasteiger partial charge on any atom is -0.200 e. The molecule has 0 fully saturated rings. The van der Waals surface area contributed by atoms with Gasteiger partial charge >= 0.3 is 0 Å². The van der Waals surface area contributed by atoms with E-state index in [0.29, 0.717) is 11.1 Å². The predicted molar refractivity (Wildman–Crippen MR) is 483 cm³/mol. The Balaban J connectivity index is 0.000000132. The second-order valence-corrected chi connectivity index (χ2v) is 32.3. The van der Waals surface area contributed by atoms with E-state index in [9.17, 15) is 0 Å². The number of hydrogen-bond acceptors (Lipinski definition) is 4. The molecule has 0 unspecified atom stereocenters. The molecule has 0 aliphatic carbocycles. The Morgan fingerprint density at radius 3 is 1.03 bits per heavy atom. The summed E-state index contributed by atoms with van der Waals surface area (Å²) in [5, 5.41) is 20.1. The standard InChI is InChI=1S/C25H22NS.3C24H20NS.4CH4/c1-15-9-11-19(16(2)13-15)23-25-22(17(3)14-26(23)4)21-12-10-18-7-5-6-8-20(18)24(21)27-25;1-15-8-4-6-10-18(15)22-24-21(16(2)14-25(22)3)20-13-12-17-9-5-7-11-19(17)23(20)26-24;1-15-8-10-18(16(2)14-15)22-24-21(12-13-25(22)3)20-11-9-17-6-4-5-7-19(17)23(20)26-24;1-15-8-10-19-17(14-15)9-11-20-21-12-13-25(3)22(24(21)26-23(19)20)18-7-5-4-6-16(18)2;;;;/h5-14H,1-4H3;3*4-14H,1-3H3;4*1H4/q4*+1;;;;/i;2D3;1D3;;;;;. The topological polar surface area (TPSA) is 15.5 Å². The van der Waals surface area contributed by atoms with Gasteiger partial charge in [-0.25, -0.2) is 0 Å². The SMILES string of the molecule is C.C.C.C.Cc1ccc(-c2c3sc4c5ccccc5ccc4c3c(C)c[n+]2C)c(C)c1.Cc1ccc2c(ccc3c4cc[n+](C)c(-c5ccccc5C)c4sc23)c1.[2H]C([2H])([2H])c1c[n+](C)c(-c2ccccc2C)c2sc3c4ccccc4ccc3c12.[2H]C([2H])([2H])c1ccc(-c2c3sc4c5ccccc5ccc4c3cc[n+]2C)c(C)c1. The van der Waals surface area contributed by atoms with Crippen molar-refractivity contribution in [3.05, 3.63) is 311 Å². The van der Waals surface area contributed by atoms with E-state index in [1.54, 1.807) is 29.7 Å². The van der Waals surface area contributed by atoms with Crippen LogP contribution in [0.15, 0.2) is 261 Å². The summed E-state index contributed by atoms with van der Waals surface area (Å²) in [6.45, 7) is 10.8. The van der Waals surface area contributed by atoms with E-state index in [1.807, 2.05) is 89.9 Å². The molecule has 0 bridgehead atoms. The van der Waals surface area contributed by atoms with Crippen LogP contribution in [0, 0.1) is 62.2 Å². The smallest absolute Gasteiger partial charge is 0.200 e. The fraction of sp³-hybridized carbons (Fsp3) is 0.168. The third-order valence-corrected chi connectivity index (χ3v) is 26.2. The largest absolute Gasteiger partial charge is 0.230 e. The van der Waals surface area contributed by atoms with Crippen molar-refractivity contribution >= 4 is 169 Å². The fourth-order valence-corrected chi connectivity index (χ4v) is 21.8. The molecule has 109 heavy (non-hydrogen) atoms. The van der Waals surface area contributed by atoms with Gasteiger partial charge in [-0.15, -0.1) is 45.3 Å². The molecule has 0 saturated carbocycles. The Hall–Kier alpha value is -10.8. The van der Waals surface area contributed by atoms with Crippen molar-refractivity contribution < 1.29 is 26.5 Å². The van der Waals surface area contributed by atoms with Gasteiger partial charge in [-0.2, -0.15) is 18.3 Å². The molecule has 0 saturated heterocycles. The number of aryl methyl sites for hydroxylation is 13. The zero-order valence-corrected chi connectivity index (χ0v) is 64.0. The lowest BCUT2D eigenvalue weighted by Crippen LogP contribution is -2.31. The van der Waals surface area contributed by atoms with Gasteiger partial charge in [-0.05, 0) is 152 Å².